The van der Waals surface area contributed by atoms with Gasteiger partial charge in [0.15, 0.2) is 0 Å². The molecule has 142 valence electrons. The number of carbonyl (C=O) groups is 2. The predicted molar refractivity (Wildman–Crippen MR) is 112 cm³/mol. The number of rotatable bonds is 4. The summed E-state index contributed by atoms with van der Waals surface area (Å²) in [5.41, 5.74) is 2.48. The third kappa shape index (κ3) is 4.08. The fourth-order valence-corrected chi connectivity index (χ4v) is 4.11. The minimum atomic E-state index is -0.289. The van der Waals surface area contributed by atoms with Gasteiger partial charge in [0.1, 0.15) is 10.7 Å². The molecule has 3 aromatic rings. The normalized spacial score (nSPS) is 13.5. The number of likely N-dealkylation sites (tertiary alicyclic amines) is 1. The van der Waals surface area contributed by atoms with E-state index in [1.165, 1.54) is 11.3 Å². The van der Waals surface area contributed by atoms with Gasteiger partial charge in [-0.2, -0.15) is 0 Å². The molecule has 1 saturated heterocycles. The zero-order valence-corrected chi connectivity index (χ0v) is 16.6. The highest BCUT2D eigenvalue weighted by atomic mass is 35.5. The monoisotopic (exact) mass is 411 g/mol. The summed E-state index contributed by atoms with van der Waals surface area (Å²) in [7, 11) is 0. The lowest BCUT2D eigenvalue weighted by atomic mass is 10.2. The number of hydrogen-bond donors (Lipinski definition) is 1. The maximum atomic E-state index is 12.5. The SMILES string of the molecule is O=C(Nc1ccc(C(=O)N2CCCC2)cc1)c1csc(-c2cccc(Cl)c2)n1. The number of nitrogens with one attached hydrogen (secondary N) is 1. The summed E-state index contributed by atoms with van der Waals surface area (Å²) < 4.78 is 0. The van der Waals surface area contributed by atoms with Gasteiger partial charge in [-0.3, -0.25) is 9.59 Å². The summed E-state index contributed by atoms with van der Waals surface area (Å²) in [4.78, 5) is 31.1. The quantitative estimate of drug-likeness (QED) is 0.660. The standard InChI is InChI=1S/C21H18ClN3O2S/c22-16-5-3-4-15(12-16)20-24-18(13-28-20)19(26)23-17-8-6-14(7-9-17)21(27)25-10-1-2-11-25/h3-9,12-13H,1-2,10-11H2,(H,23,26). The third-order valence-electron chi connectivity index (χ3n) is 4.59. The molecule has 1 aliphatic rings. The van der Waals surface area contributed by atoms with Crippen LogP contribution in [0.5, 0.6) is 0 Å². The van der Waals surface area contributed by atoms with Crippen molar-refractivity contribution in [1.82, 2.24) is 9.88 Å². The van der Waals surface area contributed by atoms with Crippen molar-refractivity contribution in [2.45, 2.75) is 12.8 Å². The lowest BCUT2D eigenvalue weighted by molar-refractivity contribution is 0.0792. The highest BCUT2D eigenvalue weighted by Crippen LogP contribution is 2.26. The lowest BCUT2D eigenvalue weighted by Crippen LogP contribution is -2.27. The van der Waals surface area contributed by atoms with Crippen molar-refractivity contribution in [3.8, 4) is 10.6 Å². The molecular formula is C21H18ClN3O2S. The first kappa shape index (κ1) is 18.7. The molecular weight excluding hydrogens is 394 g/mol. The third-order valence-corrected chi connectivity index (χ3v) is 5.72. The smallest absolute Gasteiger partial charge is 0.275 e. The highest BCUT2D eigenvalue weighted by molar-refractivity contribution is 7.13. The number of hydrogen-bond acceptors (Lipinski definition) is 4. The summed E-state index contributed by atoms with van der Waals surface area (Å²) >= 11 is 7.41. The fraction of sp³-hybridized carbons (Fsp3) is 0.190. The van der Waals surface area contributed by atoms with E-state index in [1.807, 2.05) is 23.1 Å². The maximum Gasteiger partial charge on any atom is 0.275 e. The van der Waals surface area contributed by atoms with E-state index in [2.05, 4.69) is 10.3 Å². The summed E-state index contributed by atoms with van der Waals surface area (Å²) in [6.45, 7) is 1.63. The van der Waals surface area contributed by atoms with Crippen LogP contribution in [0.25, 0.3) is 10.6 Å². The van der Waals surface area contributed by atoms with Gasteiger partial charge < -0.3 is 10.2 Å². The van der Waals surface area contributed by atoms with E-state index in [1.54, 1.807) is 35.7 Å². The van der Waals surface area contributed by atoms with Crippen molar-refractivity contribution in [2.24, 2.45) is 0 Å². The molecule has 1 N–H and O–H groups in total. The van der Waals surface area contributed by atoms with E-state index >= 15 is 0 Å². The Kier molecular flexibility index (Phi) is 5.41. The Morgan fingerprint density at radius 1 is 1.07 bits per heavy atom. The molecule has 0 unspecified atom stereocenters. The molecule has 0 spiro atoms. The Morgan fingerprint density at radius 3 is 2.54 bits per heavy atom. The molecule has 0 aliphatic carbocycles. The molecule has 5 nitrogen and oxygen atoms in total. The van der Waals surface area contributed by atoms with Gasteiger partial charge in [0.2, 0.25) is 0 Å². The first-order valence-electron chi connectivity index (χ1n) is 9.02. The Hall–Kier alpha value is -2.70. The average Bonchev–Trinajstić information content (AvgIpc) is 3.40. The Labute approximate surface area is 172 Å². The molecule has 1 aromatic heterocycles. The van der Waals surface area contributed by atoms with E-state index in [9.17, 15) is 9.59 Å². The van der Waals surface area contributed by atoms with Gasteiger partial charge in [-0.15, -0.1) is 11.3 Å². The van der Waals surface area contributed by atoms with Gasteiger partial charge in [0, 0.05) is 40.3 Å². The van der Waals surface area contributed by atoms with Gasteiger partial charge in [-0.1, -0.05) is 23.7 Å². The van der Waals surface area contributed by atoms with Gasteiger partial charge in [0.25, 0.3) is 11.8 Å². The van der Waals surface area contributed by atoms with Crippen LogP contribution in [-0.4, -0.2) is 34.8 Å². The second-order valence-corrected chi connectivity index (χ2v) is 7.87. The average molecular weight is 412 g/mol. The van der Waals surface area contributed by atoms with Crippen LogP contribution in [0.2, 0.25) is 5.02 Å². The molecule has 7 heteroatoms. The van der Waals surface area contributed by atoms with Crippen molar-refractivity contribution in [3.63, 3.8) is 0 Å². The van der Waals surface area contributed by atoms with E-state index in [0.29, 0.717) is 22.0 Å². The lowest BCUT2D eigenvalue weighted by Gasteiger charge is -2.15. The van der Waals surface area contributed by atoms with Crippen molar-refractivity contribution in [2.75, 3.05) is 18.4 Å². The van der Waals surface area contributed by atoms with Crippen LogP contribution in [0.3, 0.4) is 0 Å². The number of thiazole rings is 1. The molecule has 1 aliphatic heterocycles. The number of benzene rings is 2. The van der Waals surface area contributed by atoms with Gasteiger partial charge >= 0.3 is 0 Å². The van der Waals surface area contributed by atoms with E-state index in [4.69, 9.17) is 11.6 Å². The molecule has 28 heavy (non-hydrogen) atoms. The summed E-state index contributed by atoms with van der Waals surface area (Å²) in [5.74, 6) is -0.246. The molecule has 0 saturated carbocycles. The topological polar surface area (TPSA) is 62.3 Å². The van der Waals surface area contributed by atoms with Crippen LogP contribution in [0.1, 0.15) is 33.7 Å². The van der Waals surface area contributed by atoms with Crippen molar-refractivity contribution >= 4 is 40.4 Å². The number of nitrogens with zero attached hydrogens (tertiary/aromatic N) is 2. The minimum Gasteiger partial charge on any atom is -0.339 e. The van der Waals surface area contributed by atoms with Crippen LogP contribution in [-0.2, 0) is 0 Å². The molecule has 2 heterocycles. The zero-order chi connectivity index (χ0) is 19.5. The number of carbonyl (C=O) groups excluding carboxylic acids is 2. The minimum absolute atomic E-state index is 0.0426. The molecule has 1 fully saturated rings. The van der Waals surface area contributed by atoms with Crippen molar-refractivity contribution in [1.29, 1.82) is 0 Å². The second-order valence-electron chi connectivity index (χ2n) is 6.58. The second kappa shape index (κ2) is 8.12. The zero-order valence-electron chi connectivity index (χ0n) is 15.0. The molecule has 4 rings (SSSR count). The molecule has 0 radical (unpaired) electrons. The number of aromatic nitrogens is 1. The Morgan fingerprint density at radius 2 is 1.82 bits per heavy atom. The van der Waals surface area contributed by atoms with Crippen molar-refractivity contribution < 1.29 is 9.59 Å². The van der Waals surface area contributed by atoms with Gasteiger partial charge in [-0.05, 0) is 49.2 Å². The number of anilines is 1. The van der Waals surface area contributed by atoms with Gasteiger partial charge in [0.05, 0.1) is 0 Å². The molecule has 0 bridgehead atoms. The summed E-state index contributed by atoms with van der Waals surface area (Å²) in [6, 6.07) is 14.3. The number of halogens is 1. The maximum absolute atomic E-state index is 12.5. The van der Waals surface area contributed by atoms with E-state index < -0.39 is 0 Å². The first-order valence-corrected chi connectivity index (χ1v) is 10.3. The highest BCUT2D eigenvalue weighted by Gasteiger charge is 2.19. The van der Waals surface area contributed by atoms with Crippen molar-refractivity contribution in [3.05, 3.63) is 70.2 Å². The van der Waals surface area contributed by atoms with Crippen LogP contribution in [0, 0.1) is 0 Å². The van der Waals surface area contributed by atoms with Crippen LogP contribution in [0.15, 0.2) is 53.9 Å². The van der Waals surface area contributed by atoms with Gasteiger partial charge in [-0.25, -0.2) is 4.98 Å². The molecule has 2 aromatic carbocycles. The van der Waals surface area contributed by atoms with Crippen LogP contribution >= 0.6 is 22.9 Å². The first-order chi connectivity index (χ1) is 13.6. The Balaban J connectivity index is 1.43. The predicted octanol–water partition coefficient (Wildman–Crippen LogP) is 4.95. The van der Waals surface area contributed by atoms with E-state index in [0.717, 1.165) is 36.5 Å². The fourth-order valence-electron chi connectivity index (χ4n) is 3.13. The summed E-state index contributed by atoms with van der Waals surface area (Å²) in [5, 5.41) is 5.91. The van der Waals surface area contributed by atoms with Crippen LogP contribution < -0.4 is 5.32 Å². The van der Waals surface area contributed by atoms with E-state index in [-0.39, 0.29) is 11.8 Å². The Bertz CT molecular complexity index is 1010. The molecule has 2 amide bonds. The number of amides is 2. The largest absolute Gasteiger partial charge is 0.339 e. The van der Waals surface area contributed by atoms with Crippen LogP contribution in [0.4, 0.5) is 5.69 Å². The molecule has 0 atom stereocenters. The summed E-state index contributed by atoms with van der Waals surface area (Å²) in [6.07, 6.45) is 2.12.